The van der Waals surface area contributed by atoms with Gasteiger partial charge in [0.25, 0.3) is 0 Å². The van der Waals surface area contributed by atoms with Gasteiger partial charge in [0.05, 0.1) is 25.2 Å². The van der Waals surface area contributed by atoms with Crippen molar-refractivity contribution in [2.24, 2.45) is 0 Å². The van der Waals surface area contributed by atoms with Crippen LogP contribution in [0, 0.1) is 0 Å². The second kappa shape index (κ2) is 6.03. The van der Waals surface area contributed by atoms with Crippen molar-refractivity contribution in [1.82, 2.24) is 10.2 Å². The highest BCUT2D eigenvalue weighted by atomic mass is 16.5. The van der Waals surface area contributed by atoms with Crippen LogP contribution < -0.4 is 5.32 Å². The van der Waals surface area contributed by atoms with E-state index in [2.05, 4.69) is 17.1 Å². The lowest BCUT2D eigenvalue weighted by atomic mass is 10.3. The lowest BCUT2D eigenvalue weighted by molar-refractivity contribution is -0.0176. The fourth-order valence-electron chi connectivity index (χ4n) is 1.96. The highest BCUT2D eigenvalue weighted by Crippen LogP contribution is 2.03. The SMILES string of the molecule is CC1CN(CCNCc2ccoc2)CCO1. The van der Waals surface area contributed by atoms with E-state index in [9.17, 15) is 0 Å². The molecule has 0 aromatic carbocycles. The summed E-state index contributed by atoms with van der Waals surface area (Å²) in [5, 5.41) is 3.41. The minimum absolute atomic E-state index is 0.377. The largest absolute Gasteiger partial charge is 0.472 e. The predicted molar refractivity (Wildman–Crippen MR) is 62.3 cm³/mol. The number of hydrogen-bond donors (Lipinski definition) is 1. The molecule has 1 N–H and O–H groups in total. The van der Waals surface area contributed by atoms with Gasteiger partial charge in [0.1, 0.15) is 0 Å². The van der Waals surface area contributed by atoms with Crippen molar-refractivity contribution in [3.8, 4) is 0 Å². The van der Waals surface area contributed by atoms with Gasteiger partial charge in [-0.15, -0.1) is 0 Å². The number of furan rings is 1. The first-order chi connectivity index (χ1) is 7.84. The zero-order valence-electron chi connectivity index (χ0n) is 9.82. The number of nitrogens with zero attached hydrogens (tertiary/aromatic N) is 1. The van der Waals surface area contributed by atoms with Gasteiger partial charge in [0.2, 0.25) is 0 Å². The molecule has 1 aliphatic heterocycles. The van der Waals surface area contributed by atoms with Crippen LogP contribution in [-0.4, -0.2) is 43.8 Å². The Bertz CT molecular complexity index is 287. The summed E-state index contributed by atoms with van der Waals surface area (Å²) in [6.07, 6.45) is 3.87. The lowest BCUT2D eigenvalue weighted by Gasteiger charge is -2.31. The topological polar surface area (TPSA) is 37.6 Å². The molecule has 0 spiro atoms. The molecule has 1 unspecified atom stereocenters. The van der Waals surface area contributed by atoms with Crippen LogP contribution in [0.1, 0.15) is 12.5 Å². The first kappa shape index (κ1) is 11.6. The average Bonchev–Trinajstić information content (AvgIpc) is 2.77. The van der Waals surface area contributed by atoms with Crippen molar-refractivity contribution in [3.63, 3.8) is 0 Å². The Hall–Kier alpha value is -0.840. The highest BCUT2D eigenvalue weighted by molar-refractivity contribution is 5.04. The van der Waals surface area contributed by atoms with Crippen LogP contribution in [0.25, 0.3) is 0 Å². The van der Waals surface area contributed by atoms with Crippen LogP contribution in [0.4, 0.5) is 0 Å². The predicted octanol–water partition coefficient (Wildman–Crippen LogP) is 1.09. The summed E-state index contributed by atoms with van der Waals surface area (Å²) in [5.74, 6) is 0. The van der Waals surface area contributed by atoms with Crippen LogP contribution >= 0.6 is 0 Å². The summed E-state index contributed by atoms with van der Waals surface area (Å²) >= 11 is 0. The van der Waals surface area contributed by atoms with E-state index in [1.165, 1.54) is 5.56 Å². The third kappa shape index (κ3) is 3.63. The molecule has 0 bridgehead atoms. The molecule has 0 radical (unpaired) electrons. The Morgan fingerprint density at radius 1 is 1.56 bits per heavy atom. The first-order valence-electron chi connectivity index (χ1n) is 5.90. The molecule has 1 saturated heterocycles. The zero-order chi connectivity index (χ0) is 11.2. The Morgan fingerprint density at radius 3 is 3.25 bits per heavy atom. The van der Waals surface area contributed by atoms with Crippen LogP contribution in [-0.2, 0) is 11.3 Å². The molecule has 1 aliphatic rings. The van der Waals surface area contributed by atoms with Crippen LogP contribution in [0.15, 0.2) is 23.0 Å². The maximum Gasteiger partial charge on any atom is 0.0947 e. The zero-order valence-corrected chi connectivity index (χ0v) is 9.82. The maximum absolute atomic E-state index is 5.50. The van der Waals surface area contributed by atoms with E-state index in [0.717, 1.165) is 39.3 Å². The summed E-state index contributed by atoms with van der Waals surface area (Å²) in [6.45, 7) is 8.08. The molecular formula is C12H20N2O2. The molecule has 1 fully saturated rings. The number of hydrogen-bond acceptors (Lipinski definition) is 4. The molecule has 1 atom stereocenters. The molecule has 2 heterocycles. The van der Waals surface area contributed by atoms with Crippen molar-refractivity contribution < 1.29 is 9.15 Å². The molecule has 2 rings (SSSR count). The van der Waals surface area contributed by atoms with E-state index >= 15 is 0 Å². The first-order valence-corrected chi connectivity index (χ1v) is 5.90. The Morgan fingerprint density at radius 2 is 2.50 bits per heavy atom. The van der Waals surface area contributed by atoms with Crippen LogP contribution in [0.2, 0.25) is 0 Å². The number of ether oxygens (including phenoxy) is 1. The molecule has 0 saturated carbocycles. The van der Waals surface area contributed by atoms with Crippen molar-refractivity contribution in [1.29, 1.82) is 0 Å². The van der Waals surface area contributed by atoms with Gasteiger partial charge in [0, 0.05) is 38.3 Å². The van der Waals surface area contributed by atoms with E-state index in [0.29, 0.717) is 6.10 Å². The van der Waals surface area contributed by atoms with Gasteiger partial charge in [-0.1, -0.05) is 0 Å². The van der Waals surface area contributed by atoms with Gasteiger partial charge < -0.3 is 14.5 Å². The average molecular weight is 224 g/mol. The molecule has 0 aliphatic carbocycles. The molecule has 4 heteroatoms. The third-order valence-corrected chi connectivity index (χ3v) is 2.84. The Labute approximate surface area is 96.6 Å². The lowest BCUT2D eigenvalue weighted by Crippen LogP contribution is -2.43. The normalized spacial score (nSPS) is 22.4. The molecule has 1 aromatic heterocycles. The standard InChI is InChI=1S/C12H20N2O2/c1-11-9-14(5-7-16-11)4-3-13-8-12-2-6-15-10-12/h2,6,10-11,13H,3-5,7-9H2,1H3. The summed E-state index contributed by atoms with van der Waals surface area (Å²) in [5.41, 5.74) is 1.20. The fraction of sp³-hybridized carbons (Fsp3) is 0.667. The molecule has 0 amide bonds. The van der Waals surface area contributed by atoms with Gasteiger partial charge in [-0.2, -0.15) is 0 Å². The fourth-order valence-corrected chi connectivity index (χ4v) is 1.96. The van der Waals surface area contributed by atoms with E-state index in [4.69, 9.17) is 9.15 Å². The minimum Gasteiger partial charge on any atom is -0.472 e. The Kier molecular flexibility index (Phi) is 4.39. The molecular weight excluding hydrogens is 204 g/mol. The van der Waals surface area contributed by atoms with Gasteiger partial charge in [-0.25, -0.2) is 0 Å². The van der Waals surface area contributed by atoms with Crippen LogP contribution in [0.3, 0.4) is 0 Å². The quantitative estimate of drug-likeness (QED) is 0.760. The third-order valence-electron chi connectivity index (χ3n) is 2.84. The van der Waals surface area contributed by atoms with E-state index in [1.807, 2.05) is 6.07 Å². The summed E-state index contributed by atoms with van der Waals surface area (Å²) in [7, 11) is 0. The van der Waals surface area contributed by atoms with Crippen molar-refractivity contribution in [3.05, 3.63) is 24.2 Å². The molecule has 90 valence electrons. The Balaban J connectivity index is 1.57. The van der Waals surface area contributed by atoms with Crippen molar-refractivity contribution >= 4 is 0 Å². The molecule has 1 aromatic rings. The monoisotopic (exact) mass is 224 g/mol. The van der Waals surface area contributed by atoms with E-state index < -0.39 is 0 Å². The maximum atomic E-state index is 5.50. The van der Waals surface area contributed by atoms with Gasteiger partial charge in [-0.05, 0) is 13.0 Å². The van der Waals surface area contributed by atoms with Gasteiger partial charge >= 0.3 is 0 Å². The smallest absolute Gasteiger partial charge is 0.0947 e. The van der Waals surface area contributed by atoms with Gasteiger partial charge in [0.15, 0.2) is 0 Å². The van der Waals surface area contributed by atoms with Crippen LogP contribution in [0.5, 0.6) is 0 Å². The minimum atomic E-state index is 0.377. The van der Waals surface area contributed by atoms with Gasteiger partial charge in [-0.3, -0.25) is 4.90 Å². The van der Waals surface area contributed by atoms with Crippen molar-refractivity contribution in [2.45, 2.75) is 19.6 Å². The number of nitrogens with one attached hydrogen (secondary N) is 1. The number of rotatable bonds is 5. The molecule has 16 heavy (non-hydrogen) atoms. The second-order valence-corrected chi connectivity index (χ2v) is 4.29. The van der Waals surface area contributed by atoms with E-state index in [-0.39, 0.29) is 0 Å². The van der Waals surface area contributed by atoms with E-state index in [1.54, 1.807) is 12.5 Å². The highest BCUT2D eigenvalue weighted by Gasteiger charge is 2.15. The summed E-state index contributed by atoms with van der Waals surface area (Å²) < 4.78 is 10.5. The summed E-state index contributed by atoms with van der Waals surface area (Å²) in [6, 6.07) is 1.99. The molecule has 4 nitrogen and oxygen atoms in total. The summed E-state index contributed by atoms with van der Waals surface area (Å²) in [4.78, 5) is 2.44. The second-order valence-electron chi connectivity index (χ2n) is 4.29. The van der Waals surface area contributed by atoms with Crippen molar-refractivity contribution in [2.75, 3.05) is 32.8 Å². The number of morpholine rings is 1.